The van der Waals surface area contributed by atoms with Crippen LogP contribution in [0.4, 0.5) is 0 Å². The van der Waals surface area contributed by atoms with Crippen LogP contribution in [0.5, 0.6) is 0 Å². The number of aromatic nitrogens is 3. The monoisotopic (exact) mass is 588 g/mol. The van der Waals surface area contributed by atoms with Crippen LogP contribution in [0.3, 0.4) is 0 Å². The van der Waals surface area contributed by atoms with E-state index in [4.69, 9.17) is 37.6 Å². The number of fused-ring (bicyclic) bond motifs is 6. The van der Waals surface area contributed by atoms with E-state index in [2.05, 4.69) is 15.0 Å². The maximum absolute atomic E-state index is 9.56. The second-order valence-electron chi connectivity index (χ2n) is 9.08. The van der Waals surface area contributed by atoms with Crippen LogP contribution in [0.1, 0.15) is 31.5 Å². The van der Waals surface area contributed by atoms with Crippen molar-refractivity contribution in [2.24, 2.45) is 0 Å². The number of benzene rings is 6. The minimum atomic E-state index is -0.873. The van der Waals surface area contributed by atoms with Gasteiger partial charge in [-0.05, 0) is 53.4 Å². The molecule has 0 radical (unpaired) electrons. The molecule has 0 aliphatic rings. The molecular formula is C39H23N3O2. The lowest BCUT2D eigenvalue weighted by Gasteiger charge is -2.09. The molecule has 0 saturated carbocycles. The zero-order chi connectivity index (χ0) is 49.1. The quantitative estimate of drug-likeness (QED) is 0.205. The molecule has 206 valence electrons. The molecule has 0 spiro atoms. The smallest absolute Gasteiger partial charge is 0.167 e. The molecule has 5 nitrogen and oxygen atoms in total. The maximum Gasteiger partial charge on any atom is 0.167 e. The largest absolute Gasteiger partial charge is 0.456 e. The van der Waals surface area contributed by atoms with E-state index in [1.807, 2.05) is 0 Å². The van der Waals surface area contributed by atoms with Crippen LogP contribution in [-0.4, -0.2) is 15.0 Å². The van der Waals surface area contributed by atoms with Gasteiger partial charge in [0.1, 0.15) is 22.3 Å². The highest BCUT2D eigenvalue weighted by atomic mass is 16.3. The lowest BCUT2D eigenvalue weighted by Crippen LogP contribution is -2.00. The van der Waals surface area contributed by atoms with Crippen molar-refractivity contribution in [2.45, 2.75) is 0 Å². The molecule has 0 aliphatic heterocycles. The highest BCUT2D eigenvalue weighted by Crippen LogP contribution is 2.37. The summed E-state index contributed by atoms with van der Waals surface area (Å²) in [5, 5.41) is -1.69. The molecule has 0 amide bonds. The van der Waals surface area contributed by atoms with Crippen molar-refractivity contribution >= 4 is 43.9 Å². The fourth-order valence-electron chi connectivity index (χ4n) is 4.57. The third kappa shape index (κ3) is 3.98. The number of hydrogen-bond donors (Lipinski definition) is 0. The number of para-hydroxylation sites is 2. The van der Waals surface area contributed by atoms with Gasteiger partial charge < -0.3 is 8.83 Å². The van der Waals surface area contributed by atoms with Gasteiger partial charge in [-0.25, -0.2) is 15.0 Å². The second kappa shape index (κ2) is 9.75. The van der Waals surface area contributed by atoms with Crippen LogP contribution < -0.4 is 0 Å². The maximum atomic E-state index is 9.56. The van der Waals surface area contributed by atoms with Gasteiger partial charge in [0.2, 0.25) is 0 Å². The van der Waals surface area contributed by atoms with E-state index in [1.165, 1.54) is 0 Å². The summed E-state index contributed by atoms with van der Waals surface area (Å²) in [6, 6.07) is -18.3. The average molecular weight is 589 g/mol. The van der Waals surface area contributed by atoms with E-state index in [0.717, 1.165) is 0 Å². The van der Waals surface area contributed by atoms with E-state index in [0.29, 0.717) is 0 Å². The second-order valence-corrected chi connectivity index (χ2v) is 9.08. The molecule has 3 aromatic heterocycles. The standard InChI is InChI=1S/C39H23N3O2/c1-3-10-24(11-4-1)26-18-20-34-31(22-26)32-23-27(19-21-35(32)43-34)38-40-37(25-12-5-2-6-13-25)41-39(42-38)30-16-9-15-29-28-14-7-8-17-33(28)44-36(29)30/h1-23H/i1D,2D,3D,4D,5D,6D,7D,8D,9D,10D,11D,12D,13D,14D,15D,16D,17D,18D,19D,20D,21D,22D,23D. The van der Waals surface area contributed by atoms with Gasteiger partial charge in [-0.15, -0.1) is 0 Å². The first-order chi connectivity index (χ1) is 31.4. The number of furan rings is 2. The molecule has 9 rings (SSSR count). The number of hydrogen-bond acceptors (Lipinski definition) is 5. The molecule has 5 heteroatoms. The van der Waals surface area contributed by atoms with Gasteiger partial charge in [-0.1, -0.05) is 96.7 Å². The third-order valence-corrected chi connectivity index (χ3v) is 6.50. The molecule has 9 aromatic rings. The Labute approximate surface area is 284 Å². The Balaban J connectivity index is 1.45. The molecule has 6 aromatic carbocycles. The first kappa shape index (κ1) is 10.9. The van der Waals surface area contributed by atoms with Gasteiger partial charge >= 0.3 is 0 Å². The van der Waals surface area contributed by atoms with Crippen molar-refractivity contribution in [1.82, 2.24) is 15.0 Å². The summed E-state index contributed by atoms with van der Waals surface area (Å²) in [6.45, 7) is 0. The van der Waals surface area contributed by atoms with E-state index in [1.54, 1.807) is 0 Å². The zero-order valence-corrected chi connectivity index (χ0v) is 21.7. The predicted molar refractivity (Wildman–Crippen MR) is 176 cm³/mol. The Morgan fingerprint density at radius 3 is 1.73 bits per heavy atom. The third-order valence-electron chi connectivity index (χ3n) is 6.50. The van der Waals surface area contributed by atoms with E-state index < -0.39 is 217 Å². The van der Waals surface area contributed by atoms with Crippen LogP contribution >= 0.6 is 0 Å². The summed E-state index contributed by atoms with van der Waals surface area (Å²) in [5.74, 6) is -2.27. The van der Waals surface area contributed by atoms with Gasteiger partial charge in [-0.2, -0.15) is 0 Å². The van der Waals surface area contributed by atoms with Gasteiger partial charge in [0.25, 0.3) is 0 Å². The average Bonchev–Trinajstić information content (AvgIpc) is 3.90. The highest BCUT2D eigenvalue weighted by Gasteiger charge is 2.18. The summed E-state index contributed by atoms with van der Waals surface area (Å²) in [5.41, 5.74) is -5.37. The Kier molecular flexibility index (Phi) is 2.41. The molecule has 0 saturated heterocycles. The van der Waals surface area contributed by atoms with Crippen molar-refractivity contribution in [3.8, 4) is 45.3 Å². The Bertz CT molecular complexity index is 3750. The van der Waals surface area contributed by atoms with Crippen molar-refractivity contribution in [3.05, 3.63) is 139 Å². The molecule has 0 unspecified atom stereocenters. The minimum absolute atomic E-state index is 0.349. The zero-order valence-electron chi connectivity index (χ0n) is 44.7. The first-order valence-electron chi connectivity index (χ1n) is 24.2. The van der Waals surface area contributed by atoms with Gasteiger partial charge in [0.05, 0.1) is 37.1 Å². The summed E-state index contributed by atoms with van der Waals surface area (Å²) in [4.78, 5) is 13.1. The van der Waals surface area contributed by atoms with Crippen molar-refractivity contribution in [3.63, 3.8) is 0 Å². The van der Waals surface area contributed by atoms with Crippen LogP contribution in [0.2, 0.25) is 0 Å². The van der Waals surface area contributed by atoms with Crippen LogP contribution in [-0.2, 0) is 0 Å². The Hall–Kier alpha value is -6.07. The van der Waals surface area contributed by atoms with Crippen molar-refractivity contribution in [2.75, 3.05) is 0 Å². The van der Waals surface area contributed by atoms with Crippen molar-refractivity contribution < 1.29 is 40.4 Å². The molecule has 44 heavy (non-hydrogen) atoms. The topological polar surface area (TPSA) is 65.0 Å². The molecule has 0 N–H and O–H groups in total. The molecule has 3 heterocycles. The Morgan fingerprint density at radius 2 is 0.955 bits per heavy atom. The van der Waals surface area contributed by atoms with Crippen molar-refractivity contribution in [1.29, 1.82) is 0 Å². The van der Waals surface area contributed by atoms with Crippen LogP contribution in [0.15, 0.2) is 148 Å². The molecule has 0 bridgehead atoms. The van der Waals surface area contributed by atoms with E-state index >= 15 is 0 Å². The normalized spacial score (nSPS) is 19.0. The van der Waals surface area contributed by atoms with Gasteiger partial charge in [-0.3, -0.25) is 0 Å². The first-order valence-corrected chi connectivity index (χ1v) is 12.7. The lowest BCUT2D eigenvalue weighted by molar-refractivity contribution is 0.669. The molecule has 0 aliphatic carbocycles. The summed E-state index contributed by atoms with van der Waals surface area (Å²) < 4.78 is 211. The highest BCUT2D eigenvalue weighted by molar-refractivity contribution is 6.09. The van der Waals surface area contributed by atoms with E-state index in [9.17, 15) is 2.74 Å². The van der Waals surface area contributed by atoms with E-state index in [-0.39, 0.29) is 10.8 Å². The Morgan fingerprint density at radius 1 is 0.386 bits per heavy atom. The fraction of sp³-hybridized carbons (Fsp3) is 0. The number of rotatable bonds is 4. The predicted octanol–water partition coefficient (Wildman–Crippen LogP) is 10.3. The summed E-state index contributed by atoms with van der Waals surface area (Å²) >= 11 is 0. The van der Waals surface area contributed by atoms with Crippen LogP contribution in [0, 0.1) is 0 Å². The SMILES string of the molecule is [2H]c1c([2H])c([2H])c(-c2nc(-c3c([2H])c([2H])c4oc5c([2H])c([2H])c(-c6c([2H])c([2H])c([2H])c([2H])c6[2H])c([2H])c5c4c3[2H])nc(-c3c([2H])c([2H])c([2H])c4c3oc3c([2H])c([2H])c([2H])c([2H])c34)n2)c([2H])c1[2H]. The van der Waals surface area contributed by atoms with Gasteiger partial charge in [0, 0.05) is 32.7 Å². The molecule has 0 atom stereocenters. The number of nitrogens with zero attached hydrogens (tertiary/aromatic N) is 3. The lowest BCUT2D eigenvalue weighted by atomic mass is 10.0. The fourth-order valence-corrected chi connectivity index (χ4v) is 4.57. The van der Waals surface area contributed by atoms with Crippen LogP contribution in [0.25, 0.3) is 89.2 Å². The summed E-state index contributed by atoms with van der Waals surface area (Å²) in [6.07, 6.45) is 0. The minimum Gasteiger partial charge on any atom is -0.456 e. The summed E-state index contributed by atoms with van der Waals surface area (Å²) in [7, 11) is 0. The molecule has 0 fully saturated rings. The van der Waals surface area contributed by atoms with Gasteiger partial charge in [0.15, 0.2) is 17.5 Å². The molecular weight excluding hydrogens is 542 g/mol.